The number of carbonyl (C=O) groups is 1. The predicted molar refractivity (Wildman–Crippen MR) is 93.8 cm³/mol. The maximum absolute atomic E-state index is 12.0. The number of carbonyl (C=O) groups excluding carboxylic acids is 1. The van der Waals surface area contributed by atoms with Gasteiger partial charge in [-0.1, -0.05) is 34.1 Å². The van der Waals surface area contributed by atoms with Crippen molar-refractivity contribution in [3.63, 3.8) is 0 Å². The topological polar surface area (TPSA) is 75.3 Å². The summed E-state index contributed by atoms with van der Waals surface area (Å²) in [4.78, 5) is 12.1. The molecule has 7 heteroatoms. The average Bonchev–Trinajstić information content (AvgIpc) is 2.51. The number of hydrogen-bond donors (Lipinski definition) is 2. The molecule has 0 heterocycles. The molecule has 0 spiro atoms. The average molecular weight is 397 g/mol. The highest BCUT2D eigenvalue weighted by atomic mass is 79.9. The Balaban J connectivity index is 1.88. The number of halogens is 1. The fraction of sp³-hybridized carbons (Fsp3) is 0.188. The van der Waals surface area contributed by atoms with Gasteiger partial charge >= 0.3 is 0 Å². The highest BCUT2D eigenvalue weighted by Gasteiger charge is 2.13. The van der Waals surface area contributed by atoms with Crippen LogP contribution in [0.25, 0.3) is 0 Å². The van der Waals surface area contributed by atoms with Gasteiger partial charge in [-0.25, -0.2) is 13.1 Å². The summed E-state index contributed by atoms with van der Waals surface area (Å²) in [5.41, 5.74) is 1.64. The fourth-order valence-corrected chi connectivity index (χ4v) is 3.49. The molecule has 0 saturated carbocycles. The van der Waals surface area contributed by atoms with Crippen molar-refractivity contribution >= 4 is 37.5 Å². The molecule has 0 aliphatic carbocycles. The zero-order valence-corrected chi connectivity index (χ0v) is 14.9. The molecule has 0 aliphatic heterocycles. The minimum Gasteiger partial charge on any atom is -0.326 e. The van der Waals surface area contributed by atoms with Crippen LogP contribution in [0.15, 0.2) is 57.9 Å². The van der Waals surface area contributed by atoms with Crippen molar-refractivity contribution < 1.29 is 13.2 Å². The van der Waals surface area contributed by atoms with Crippen LogP contribution in [0.3, 0.4) is 0 Å². The van der Waals surface area contributed by atoms with Crippen LogP contribution in [0.2, 0.25) is 0 Å². The van der Waals surface area contributed by atoms with Crippen LogP contribution in [0, 0.1) is 6.92 Å². The second-order valence-electron chi connectivity index (χ2n) is 4.97. The van der Waals surface area contributed by atoms with Crippen LogP contribution in [-0.4, -0.2) is 20.9 Å². The molecule has 0 aromatic heterocycles. The Bertz CT molecular complexity index is 792. The number of aryl methyl sites for hydroxylation is 1. The van der Waals surface area contributed by atoms with E-state index in [-0.39, 0.29) is 23.8 Å². The van der Waals surface area contributed by atoms with Crippen LogP contribution >= 0.6 is 15.9 Å². The molecule has 23 heavy (non-hydrogen) atoms. The number of amides is 1. The summed E-state index contributed by atoms with van der Waals surface area (Å²) < 4.78 is 27.4. The van der Waals surface area contributed by atoms with Crippen molar-refractivity contribution in [3.05, 3.63) is 58.6 Å². The lowest BCUT2D eigenvalue weighted by Gasteiger charge is -2.09. The Morgan fingerprint density at radius 1 is 1.13 bits per heavy atom. The predicted octanol–water partition coefficient (Wildman–Crippen LogP) is 3.06. The Kier molecular flexibility index (Phi) is 5.92. The van der Waals surface area contributed by atoms with E-state index in [1.165, 1.54) is 12.1 Å². The molecule has 0 fully saturated rings. The lowest BCUT2D eigenvalue weighted by atomic mass is 10.2. The van der Waals surface area contributed by atoms with Crippen LogP contribution in [0.1, 0.15) is 12.0 Å². The van der Waals surface area contributed by atoms with Crippen LogP contribution in [0.4, 0.5) is 5.69 Å². The number of sulfonamides is 1. The van der Waals surface area contributed by atoms with Gasteiger partial charge in [-0.05, 0) is 42.8 Å². The zero-order chi connectivity index (χ0) is 16.9. The molecular formula is C16H17BrN2O3S. The lowest BCUT2D eigenvalue weighted by Crippen LogP contribution is -2.27. The summed E-state index contributed by atoms with van der Waals surface area (Å²) in [6.45, 7) is 1.93. The second-order valence-corrected chi connectivity index (χ2v) is 7.65. The molecule has 2 aromatic rings. The molecule has 0 unspecified atom stereocenters. The smallest absolute Gasteiger partial charge is 0.240 e. The summed E-state index contributed by atoms with van der Waals surface area (Å²) in [5, 5.41) is 2.77. The summed E-state index contributed by atoms with van der Waals surface area (Å²) in [5.74, 6) is -0.244. The summed E-state index contributed by atoms with van der Waals surface area (Å²) >= 11 is 3.36. The van der Waals surface area contributed by atoms with Gasteiger partial charge in [0.25, 0.3) is 0 Å². The van der Waals surface area contributed by atoms with E-state index >= 15 is 0 Å². The molecule has 0 aliphatic rings. The Labute approximate surface area is 144 Å². The van der Waals surface area contributed by atoms with Crippen molar-refractivity contribution in [1.82, 2.24) is 4.72 Å². The number of nitrogens with one attached hydrogen (secondary N) is 2. The molecule has 2 N–H and O–H groups in total. The zero-order valence-electron chi connectivity index (χ0n) is 12.5. The largest absolute Gasteiger partial charge is 0.326 e. The standard InChI is InChI=1S/C16H17BrN2O3S/c1-12-11-13(17)7-8-15(12)19-16(20)9-10-18-23(21,22)14-5-3-2-4-6-14/h2-8,11,18H,9-10H2,1H3,(H,19,20). The van der Waals surface area contributed by atoms with E-state index in [9.17, 15) is 13.2 Å². The Morgan fingerprint density at radius 2 is 1.83 bits per heavy atom. The molecule has 5 nitrogen and oxygen atoms in total. The molecular weight excluding hydrogens is 380 g/mol. The first-order valence-corrected chi connectivity index (χ1v) is 9.27. The first-order chi connectivity index (χ1) is 10.9. The van der Waals surface area contributed by atoms with E-state index in [4.69, 9.17) is 0 Å². The number of anilines is 1. The minimum absolute atomic E-state index is 0.0403. The number of rotatable bonds is 6. The molecule has 0 saturated heterocycles. The molecule has 2 rings (SSSR count). The van der Waals surface area contributed by atoms with Gasteiger partial charge in [0.05, 0.1) is 4.90 Å². The van der Waals surface area contributed by atoms with Crippen LogP contribution < -0.4 is 10.0 Å². The third kappa shape index (κ3) is 5.16. The Hall–Kier alpha value is -1.70. The molecule has 2 aromatic carbocycles. The van der Waals surface area contributed by atoms with E-state index in [1.54, 1.807) is 24.3 Å². The highest BCUT2D eigenvalue weighted by Crippen LogP contribution is 2.20. The van der Waals surface area contributed by atoms with Gasteiger partial charge in [0.1, 0.15) is 0 Å². The van der Waals surface area contributed by atoms with Gasteiger partial charge < -0.3 is 5.32 Å². The Morgan fingerprint density at radius 3 is 2.48 bits per heavy atom. The first-order valence-electron chi connectivity index (χ1n) is 6.99. The van der Waals surface area contributed by atoms with Gasteiger partial charge in [0, 0.05) is 23.1 Å². The van der Waals surface area contributed by atoms with Crippen molar-refractivity contribution in [2.24, 2.45) is 0 Å². The summed E-state index contributed by atoms with van der Waals surface area (Å²) in [6.07, 6.45) is 0.0571. The summed E-state index contributed by atoms with van der Waals surface area (Å²) in [7, 11) is -3.58. The van der Waals surface area contributed by atoms with Crippen molar-refractivity contribution in [1.29, 1.82) is 0 Å². The van der Waals surface area contributed by atoms with Gasteiger partial charge in [0.2, 0.25) is 15.9 Å². The molecule has 0 bridgehead atoms. The highest BCUT2D eigenvalue weighted by molar-refractivity contribution is 9.10. The fourth-order valence-electron chi connectivity index (χ4n) is 1.96. The SMILES string of the molecule is Cc1cc(Br)ccc1NC(=O)CCNS(=O)(=O)c1ccccc1. The summed E-state index contributed by atoms with van der Waals surface area (Å²) in [6, 6.07) is 13.6. The third-order valence-electron chi connectivity index (χ3n) is 3.16. The number of hydrogen-bond acceptors (Lipinski definition) is 3. The normalized spacial score (nSPS) is 11.2. The first kappa shape index (κ1) is 17.7. The second kappa shape index (κ2) is 7.72. The van der Waals surface area contributed by atoms with E-state index in [2.05, 4.69) is 26.0 Å². The van der Waals surface area contributed by atoms with Gasteiger partial charge in [-0.2, -0.15) is 0 Å². The molecule has 0 atom stereocenters. The van der Waals surface area contributed by atoms with Gasteiger partial charge in [-0.3, -0.25) is 4.79 Å². The maximum atomic E-state index is 12.0. The van der Waals surface area contributed by atoms with Gasteiger partial charge in [-0.15, -0.1) is 0 Å². The molecule has 122 valence electrons. The monoisotopic (exact) mass is 396 g/mol. The maximum Gasteiger partial charge on any atom is 0.240 e. The third-order valence-corrected chi connectivity index (χ3v) is 5.13. The van der Waals surface area contributed by atoms with Crippen molar-refractivity contribution in [2.45, 2.75) is 18.2 Å². The quantitative estimate of drug-likeness (QED) is 0.787. The van der Waals surface area contributed by atoms with Gasteiger partial charge in [0.15, 0.2) is 0 Å². The van der Waals surface area contributed by atoms with E-state index < -0.39 is 10.0 Å². The van der Waals surface area contributed by atoms with E-state index in [1.807, 2.05) is 19.1 Å². The van der Waals surface area contributed by atoms with Crippen molar-refractivity contribution in [2.75, 3.05) is 11.9 Å². The molecule has 0 radical (unpaired) electrons. The lowest BCUT2D eigenvalue weighted by molar-refractivity contribution is -0.116. The van der Waals surface area contributed by atoms with Crippen LogP contribution in [-0.2, 0) is 14.8 Å². The number of benzene rings is 2. The molecule has 1 amide bonds. The van der Waals surface area contributed by atoms with Crippen LogP contribution in [0.5, 0.6) is 0 Å². The van der Waals surface area contributed by atoms with E-state index in [0.29, 0.717) is 5.69 Å². The van der Waals surface area contributed by atoms with E-state index in [0.717, 1.165) is 10.0 Å². The minimum atomic E-state index is -3.58. The van der Waals surface area contributed by atoms with Crippen molar-refractivity contribution in [3.8, 4) is 0 Å².